The Balaban J connectivity index is 1.35. The SMILES string of the molecule is CC1CCC(C(=O)N2CCC(N([O-])NCCN3CSC=C3C#N)CC2)CC1. The summed E-state index contributed by atoms with van der Waals surface area (Å²) >= 11 is 1.60. The summed E-state index contributed by atoms with van der Waals surface area (Å²) in [5.74, 6) is 2.01. The molecule has 0 radical (unpaired) electrons. The van der Waals surface area contributed by atoms with Crippen LogP contribution in [0.2, 0.25) is 0 Å². The van der Waals surface area contributed by atoms with Crippen molar-refractivity contribution < 1.29 is 4.79 Å². The second kappa shape index (κ2) is 9.78. The van der Waals surface area contributed by atoms with Crippen molar-refractivity contribution in [2.75, 3.05) is 32.1 Å². The maximum Gasteiger partial charge on any atom is 0.225 e. The van der Waals surface area contributed by atoms with E-state index in [1.165, 1.54) is 0 Å². The van der Waals surface area contributed by atoms with Gasteiger partial charge in [0.2, 0.25) is 5.91 Å². The summed E-state index contributed by atoms with van der Waals surface area (Å²) < 4.78 is 0. The van der Waals surface area contributed by atoms with E-state index in [1.54, 1.807) is 11.8 Å². The number of carbonyl (C=O) groups is 1. The van der Waals surface area contributed by atoms with E-state index in [1.807, 2.05) is 15.2 Å². The van der Waals surface area contributed by atoms with Gasteiger partial charge in [-0.3, -0.25) is 10.2 Å². The molecule has 2 heterocycles. The number of allylic oxidation sites excluding steroid dienone is 1. The molecule has 1 saturated carbocycles. The zero-order valence-electron chi connectivity index (χ0n) is 16.1. The third-order valence-corrected chi connectivity index (χ3v) is 6.85. The molecule has 2 aliphatic heterocycles. The summed E-state index contributed by atoms with van der Waals surface area (Å²) in [7, 11) is 0. The molecule has 2 fully saturated rings. The lowest BCUT2D eigenvalue weighted by Crippen LogP contribution is -2.51. The van der Waals surface area contributed by atoms with Crippen LogP contribution in [0.4, 0.5) is 0 Å². The van der Waals surface area contributed by atoms with Gasteiger partial charge >= 0.3 is 0 Å². The van der Waals surface area contributed by atoms with Gasteiger partial charge in [-0.1, -0.05) is 6.92 Å². The molecule has 0 aromatic carbocycles. The van der Waals surface area contributed by atoms with Crippen LogP contribution < -0.4 is 5.43 Å². The average molecular weight is 393 g/mol. The standard InChI is InChI=1S/C19H30N5O2S/c1-15-2-4-16(5-3-15)19(25)22-9-6-17(7-10-22)24(26)21-8-11-23-14-27-13-18(23)12-20/h13,15-17,21H,2-11,14H2,1H3/q-1. The van der Waals surface area contributed by atoms with Crippen LogP contribution in [0.25, 0.3) is 0 Å². The van der Waals surface area contributed by atoms with Crippen LogP contribution in [0.5, 0.6) is 0 Å². The van der Waals surface area contributed by atoms with Crippen LogP contribution in [-0.4, -0.2) is 59.0 Å². The summed E-state index contributed by atoms with van der Waals surface area (Å²) in [5.41, 5.74) is 3.59. The molecule has 3 rings (SSSR count). The Hall–Kier alpha value is -1.27. The Kier molecular flexibility index (Phi) is 7.41. The average Bonchev–Trinajstić information content (AvgIpc) is 3.15. The highest BCUT2D eigenvalue weighted by Gasteiger charge is 2.30. The van der Waals surface area contributed by atoms with Gasteiger partial charge in [0.15, 0.2) is 0 Å². The number of rotatable bonds is 6. The molecule has 0 aromatic heterocycles. The molecule has 1 saturated heterocycles. The second-order valence-corrected chi connectivity index (χ2v) is 8.75. The number of hydrogen-bond donors (Lipinski definition) is 1. The minimum atomic E-state index is -0.0839. The van der Waals surface area contributed by atoms with Crippen molar-refractivity contribution in [3.05, 3.63) is 16.3 Å². The maximum atomic E-state index is 12.7. The number of likely N-dealkylation sites (tertiary alicyclic amines) is 1. The quantitative estimate of drug-likeness (QED) is 0.695. The van der Waals surface area contributed by atoms with E-state index in [0.717, 1.165) is 42.7 Å². The van der Waals surface area contributed by atoms with Crippen LogP contribution in [0.3, 0.4) is 0 Å². The van der Waals surface area contributed by atoms with Gasteiger partial charge < -0.3 is 20.2 Å². The summed E-state index contributed by atoms with van der Waals surface area (Å²) in [6.07, 6.45) is 5.78. The monoisotopic (exact) mass is 392 g/mol. The van der Waals surface area contributed by atoms with E-state index < -0.39 is 0 Å². The number of amides is 1. The number of hydroxylamine groups is 1. The summed E-state index contributed by atoms with van der Waals surface area (Å²) in [6.45, 7) is 4.78. The van der Waals surface area contributed by atoms with E-state index in [9.17, 15) is 10.0 Å². The van der Waals surface area contributed by atoms with Gasteiger partial charge in [-0.15, -0.1) is 11.8 Å². The Bertz CT molecular complexity index is 577. The number of carbonyl (C=O) groups excluding carboxylic acids is 1. The van der Waals surface area contributed by atoms with E-state index in [0.29, 0.717) is 50.6 Å². The number of thioether (sulfide) groups is 1. The second-order valence-electron chi connectivity index (χ2n) is 7.92. The number of hydrazine groups is 1. The van der Waals surface area contributed by atoms with Crippen molar-refractivity contribution in [1.29, 1.82) is 5.26 Å². The molecule has 7 nitrogen and oxygen atoms in total. The van der Waals surface area contributed by atoms with Crippen LogP contribution >= 0.6 is 11.8 Å². The number of nitrogens with one attached hydrogen (secondary N) is 1. The molecule has 8 heteroatoms. The minimum Gasteiger partial charge on any atom is -0.771 e. The van der Waals surface area contributed by atoms with Gasteiger partial charge in [0, 0.05) is 43.5 Å². The van der Waals surface area contributed by atoms with Gasteiger partial charge in [-0.25, -0.2) is 0 Å². The van der Waals surface area contributed by atoms with Crippen molar-refractivity contribution >= 4 is 17.7 Å². The van der Waals surface area contributed by atoms with Gasteiger partial charge in [0.05, 0.1) is 5.88 Å². The van der Waals surface area contributed by atoms with Crippen LogP contribution in [0.15, 0.2) is 11.1 Å². The number of piperidine rings is 1. The predicted octanol–water partition coefficient (Wildman–Crippen LogP) is 2.48. The predicted molar refractivity (Wildman–Crippen MR) is 107 cm³/mol. The Morgan fingerprint density at radius 1 is 1.33 bits per heavy atom. The van der Waals surface area contributed by atoms with E-state index in [2.05, 4.69) is 18.4 Å². The molecule has 3 aliphatic rings. The smallest absolute Gasteiger partial charge is 0.225 e. The summed E-state index contributed by atoms with van der Waals surface area (Å²) in [4.78, 5) is 16.6. The van der Waals surface area contributed by atoms with Crippen LogP contribution in [0, 0.1) is 28.4 Å². The molecule has 27 heavy (non-hydrogen) atoms. The first-order valence-electron chi connectivity index (χ1n) is 10.0. The zero-order chi connectivity index (χ0) is 19.2. The van der Waals surface area contributed by atoms with Crippen molar-refractivity contribution in [3.63, 3.8) is 0 Å². The third kappa shape index (κ3) is 5.38. The first kappa shape index (κ1) is 20.5. The first-order valence-corrected chi connectivity index (χ1v) is 11.1. The van der Waals surface area contributed by atoms with Crippen LogP contribution in [0.1, 0.15) is 45.4 Å². The highest BCUT2D eigenvalue weighted by molar-refractivity contribution is 8.02. The molecule has 0 spiro atoms. The Morgan fingerprint density at radius 2 is 2.04 bits per heavy atom. The topological polar surface area (TPSA) is 85.7 Å². The fourth-order valence-electron chi connectivity index (χ4n) is 4.14. The molecule has 0 atom stereocenters. The van der Waals surface area contributed by atoms with Crippen molar-refractivity contribution in [2.24, 2.45) is 11.8 Å². The third-order valence-electron chi connectivity index (χ3n) is 6.00. The van der Waals surface area contributed by atoms with Gasteiger partial charge in [-0.2, -0.15) is 5.26 Å². The first-order chi connectivity index (χ1) is 13.1. The Labute approximate surface area is 166 Å². The van der Waals surface area contributed by atoms with Gasteiger partial charge in [0.25, 0.3) is 0 Å². The van der Waals surface area contributed by atoms with Gasteiger partial charge in [0.1, 0.15) is 11.8 Å². The largest absolute Gasteiger partial charge is 0.771 e. The molecule has 1 N–H and O–H groups in total. The van der Waals surface area contributed by atoms with E-state index in [-0.39, 0.29) is 12.0 Å². The number of nitrogens with zero attached hydrogens (tertiary/aromatic N) is 4. The lowest BCUT2D eigenvalue weighted by Gasteiger charge is -2.43. The van der Waals surface area contributed by atoms with Crippen molar-refractivity contribution in [3.8, 4) is 6.07 Å². The summed E-state index contributed by atoms with van der Waals surface area (Å²) in [6, 6.07) is 2.09. The maximum absolute atomic E-state index is 12.7. The molecular formula is C19H30N5O2S-. The fourth-order valence-corrected chi connectivity index (χ4v) is 5.02. The normalized spacial score (nSPS) is 27.0. The minimum absolute atomic E-state index is 0.0839. The molecule has 1 amide bonds. The summed E-state index contributed by atoms with van der Waals surface area (Å²) in [5, 5.41) is 24.2. The van der Waals surface area contributed by atoms with E-state index in [4.69, 9.17) is 5.26 Å². The molecule has 1 aliphatic carbocycles. The highest BCUT2D eigenvalue weighted by atomic mass is 32.2. The number of hydrogen-bond acceptors (Lipinski definition) is 7. The van der Waals surface area contributed by atoms with Crippen molar-refractivity contribution in [1.82, 2.24) is 20.4 Å². The van der Waals surface area contributed by atoms with E-state index >= 15 is 0 Å². The molecule has 0 aromatic rings. The molecule has 0 bridgehead atoms. The fraction of sp³-hybridized carbons (Fsp3) is 0.789. The highest BCUT2D eigenvalue weighted by Crippen LogP contribution is 2.30. The lowest BCUT2D eigenvalue weighted by molar-refractivity contribution is -0.138. The Morgan fingerprint density at radius 3 is 2.70 bits per heavy atom. The molecule has 150 valence electrons. The number of nitriles is 1. The molecular weight excluding hydrogens is 362 g/mol. The zero-order valence-corrected chi connectivity index (χ0v) is 16.9. The van der Waals surface area contributed by atoms with Crippen molar-refractivity contribution in [2.45, 2.75) is 51.5 Å². The molecule has 0 unspecified atom stereocenters. The van der Waals surface area contributed by atoms with Crippen LogP contribution in [-0.2, 0) is 4.79 Å². The lowest BCUT2D eigenvalue weighted by atomic mass is 9.82. The van der Waals surface area contributed by atoms with Gasteiger partial charge in [-0.05, 0) is 44.4 Å².